The molecule has 1 aliphatic heterocycles. The number of aliphatic imine (C=N–C) groups is 1. The Kier molecular flexibility index (Phi) is 10.3. The maximum Gasteiger partial charge on any atom is 0.322 e. The van der Waals surface area contributed by atoms with Crippen LogP contribution in [0.15, 0.2) is 29.3 Å². The first-order valence-electron chi connectivity index (χ1n) is 11.3. The van der Waals surface area contributed by atoms with E-state index >= 15 is 0 Å². The van der Waals surface area contributed by atoms with Crippen molar-refractivity contribution >= 4 is 29.7 Å². The van der Waals surface area contributed by atoms with Crippen LogP contribution in [0.2, 0.25) is 0 Å². The second kappa shape index (κ2) is 13.1. The van der Waals surface area contributed by atoms with E-state index in [0.717, 1.165) is 5.56 Å². The monoisotopic (exact) mass is 491 g/mol. The molecule has 3 atom stereocenters. The van der Waals surface area contributed by atoms with Gasteiger partial charge in [-0.15, -0.1) is 0 Å². The molecule has 13 heteroatoms. The van der Waals surface area contributed by atoms with E-state index in [-0.39, 0.29) is 31.1 Å². The molecule has 1 aliphatic rings. The third kappa shape index (κ3) is 8.77. The molecule has 0 aliphatic carbocycles. The number of phenols is 1. The summed E-state index contributed by atoms with van der Waals surface area (Å²) in [5.41, 5.74) is 17.5. The van der Waals surface area contributed by atoms with E-state index in [0.29, 0.717) is 25.8 Å². The van der Waals surface area contributed by atoms with E-state index in [4.69, 9.17) is 22.3 Å². The Hall–Kier alpha value is -3.87. The van der Waals surface area contributed by atoms with Gasteiger partial charge in [-0.1, -0.05) is 12.1 Å². The lowest BCUT2D eigenvalue weighted by atomic mass is 10.0. The van der Waals surface area contributed by atoms with Gasteiger partial charge in [0.2, 0.25) is 17.7 Å². The average Bonchev–Trinajstić information content (AvgIpc) is 3.30. The highest BCUT2D eigenvalue weighted by atomic mass is 16.4. The minimum Gasteiger partial charge on any atom is -0.508 e. The fourth-order valence-corrected chi connectivity index (χ4v) is 3.80. The van der Waals surface area contributed by atoms with Crippen molar-refractivity contribution in [2.75, 3.05) is 19.6 Å². The van der Waals surface area contributed by atoms with E-state index in [1.807, 2.05) is 0 Å². The van der Waals surface area contributed by atoms with Crippen LogP contribution in [0.25, 0.3) is 0 Å². The Morgan fingerprint density at radius 3 is 2.49 bits per heavy atom. The van der Waals surface area contributed by atoms with Gasteiger partial charge in [0.25, 0.3) is 0 Å². The van der Waals surface area contributed by atoms with Crippen molar-refractivity contribution in [2.45, 2.75) is 50.2 Å². The van der Waals surface area contributed by atoms with Crippen LogP contribution < -0.4 is 27.8 Å². The zero-order valence-corrected chi connectivity index (χ0v) is 19.4. The fraction of sp³-hybridized carbons (Fsp3) is 0.500. The Balaban J connectivity index is 2.09. The van der Waals surface area contributed by atoms with Gasteiger partial charge in [0.1, 0.15) is 24.4 Å². The number of nitrogens with zero attached hydrogens (tertiary/aromatic N) is 2. The molecule has 0 bridgehead atoms. The molecule has 1 heterocycles. The minimum absolute atomic E-state index is 0.0887. The van der Waals surface area contributed by atoms with Crippen LogP contribution in [-0.4, -0.2) is 82.5 Å². The second-order valence-corrected chi connectivity index (χ2v) is 8.29. The number of hydrogen-bond donors (Lipinski definition) is 7. The number of phenolic OH excluding ortho intramolecular Hbond substituents is 1. The number of nitrogens with two attached hydrogens (primary N) is 3. The number of aromatic hydroxyl groups is 1. The number of nitrogens with one attached hydrogen (secondary N) is 2. The third-order valence-electron chi connectivity index (χ3n) is 5.54. The van der Waals surface area contributed by atoms with Crippen molar-refractivity contribution in [1.29, 1.82) is 0 Å². The predicted molar refractivity (Wildman–Crippen MR) is 127 cm³/mol. The SMILES string of the molecule is NC(N)=NCCC[C@H](NC(=O)[C@@H](N)Cc1ccc(O)cc1)C(=O)N1CCC[C@H]1C(=O)NCC(=O)O. The Labute approximate surface area is 202 Å². The first-order valence-corrected chi connectivity index (χ1v) is 11.3. The average molecular weight is 492 g/mol. The van der Waals surface area contributed by atoms with Crippen LogP contribution in [0, 0.1) is 0 Å². The predicted octanol–water partition coefficient (Wildman–Crippen LogP) is -2.01. The Morgan fingerprint density at radius 1 is 1.17 bits per heavy atom. The molecule has 13 nitrogen and oxygen atoms in total. The normalized spacial score (nSPS) is 16.7. The van der Waals surface area contributed by atoms with E-state index in [9.17, 15) is 24.3 Å². The Morgan fingerprint density at radius 2 is 1.86 bits per heavy atom. The lowest BCUT2D eigenvalue weighted by molar-refractivity contribution is -0.143. The molecule has 0 unspecified atom stereocenters. The topological polar surface area (TPSA) is 226 Å². The van der Waals surface area contributed by atoms with E-state index in [2.05, 4.69) is 15.6 Å². The van der Waals surface area contributed by atoms with Crippen LogP contribution in [0.5, 0.6) is 5.75 Å². The van der Waals surface area contributed by atoms with Gasteiger partial charge in [0.05, 0.1) is 6.04 Å². The van der Waals surface area contributed by atoms with E-state index in [1.165, 1.54) is 17.0 Å². The first-order chi connectivity index (χ1) is 16.6. The van der Waals surface area contributed by atoms with Crippen LogP contribution in [0.1, 0.15) is 31.2 Å². The molecule has 10 N–H and O–H groups in total. The quantitative estimate of drug-likeness (QED) is 0.0972. The van der Waals surface area contributed by atoms with Crippen LogP contribution >= 0.6 is 0 Å². The lowest BCUT2D eigenvalue weighted by Crippen LogP contribution is -2.56. The summed E-state index contributed by atoms with van der Waals surface area (Å²) in [5, 5.41) is 23.2. The third-order valence-corrected chi connectivity index (χ3v) is 5.54. The number of likely N-dealkylation sites (tertiary alicyclic amines) is 1. The van der Waals surface area contributed by atoms with Crippen molar-refractivity contribution in [3.63, 3.8) is 0 Å². The highest BCUT2D eigenvalue weighted by Crippen LogP contribution is 2.20. The summed E-state index contributed by atoms with van der Waals surface area (Å²) >= 11 is 0. The fourth-order valence-electron chi connectivity index (χ4n) is 3.80. The molecule has 3 amide bonds. The van der Waals surface area contributed by atoms with Crippen LogP contribution in [-0.2, 0) is 25.6 Å². The summed E-state index contributed by atoms with van der Waals surface area (Å²) in [5.74, 6) is -2.78. The van der Waals surface area contributed by atoms with Crippen LogP contribution in [0.3, 0.4) is 0 Å². The molecule has 1 saturated heterocycles. The van der Waals surface area contributed by atoms with Crippen molar-refractivity contribution in [2.24, 2.45) is 22.2 Å². The number of guanidine groups is 1. The molecular formula is C22H33N7O6. The summed E-state index contributed by atoms with van der Waals surface area (Å²) in [7, 11) is 0. The summed E-state index contributed by atoms with van der Waals surface area (Å²) in [4.78, 5) is 54.6. The van der Waals surface area contributed by atoms with Gasteiger partial charge in [-0.2, -0.15) is 0 Å². The molecule has 0 saturated carbocycles. The highest BCUT2D eigenvalue weighted by Gasteiger charge is 2.37. The summed E-state index contributed by atoms with van der Waals surface area (Å²) < 4.78 is 0. The largest absolute Gasteiger partial charge is 0.508 e. The number of aliphatic carboxylic acids is 1. The number of carboxylic acid groups (broad SMARTS) is 1. The maximum absolute atomic E-state index is 13.3. The molecule has 1 fully saturated rings. The summed E-state index contributed by atoms with van der Waals surface area (Å²) in [6.45, 7) is -0.0178. The lowest BCUT2D eigenvalue weighted by Gasteiger charge is -2.29. The molecule has 2 rings (SSSR count). The second-order valence-electron chi connectivity index (χ2n) is 8.29. The molecule has 1 aromatic carbocycles. The molecule has 0 radical (unpaired) electrons. The summed E-state index contributed by atoms with van der Waals surface area (Å²) in [6, 6.07) is 3.49. The van der Waals surface area contributed by atoms with E-state index in [1.54, 1.807) is 12.1 Å². The maximum atomic E-state index is 13.3. The Bertz CT molecular complexity index is 933. The van der Waals surface area contributed by atoms with Gasteiger partial charge < -0.3 is 42.9 Å². The first kappa shape index (κ1) is 27.4. The van der Waals surface area contributed by atoms with Crippen LogP contribution in [0.4, 0.5) is 0 Å². The number of carboxylic acids is 1. The van der Waals surface area contributed by atoms with Crippen molar-refractivity contribution < 1.29 is 29.4 Å². The van der Waals surface area contributed by atoms with Gasteiger partial charge in [-0.3, -0.25) is 24.2 Å². The van der Waals surface area contributed by atoms with Crippen molar-refractivity contribution in [1.82, 2.24) is 15.5 Å². The molecule has 0 spiro atoms. The smallest absolute Gasteiger partial charge is 0.322 e. The zero-order valence-electron chi connectivity index (χ0n) is 19.4. The zero-order chi connectivity index (χ0) is 26.0. The van der Waals surface area contributed by atoms with Crippen molar-refractivity contribution in [3.8, 4) is 5.75 Å². The molecule has 1 aromatic rings. The number of carbonyl (C=O) groups excluding carboxylic acids is 3. The van der Waals surface area contributed by atoms with E-state index < -0.39 is 48.4 Å². The highest BCUT2D eigenvalue weighted by molar-refractivity contribution is 5.94. The van der Waals surface area contributed by atoms with Gasteiger partial charge >= 0.3 is 5.97 Å². The standard InChI is InChI=1S/C22H33N7O6/c23-15(11-13-5-7-14(30)8-6-13)19(33)28-16(3-1-9-26-22(24)25)21(35)29-10-2-4-17(29)20(34)27-12-18(31)32/h5-8,15-17,30H,1-4,9-12,23H2,(H,27,34)(H,28,33)(H,31,32)(H4,24,25,26)/t15-,16-,17-/m0/s1. The number of amides is 3. The molecule has 0 aromatic heterocycles. The van der Waals surface area contributed by atoms with Gasteiger partial charge in [-0.05, 0) is 49.8 Å². The number of rotatable bonds is 12. The molecule has 192 valence electrons. The van der Waals surface area contributed by atoms with Gasteiger partial charge in [0, 0.05) is 13.1 Å². The van der Waals surface area contributed by atoms with Gasteiger partial charge in [-0.25, -0.2) is 0 Å². The minimum atomic E-state index is -1.19. The number of carbonyl (C=O) groups is 4. The summed E-state index contributed by atoms with van der Waals surface area (Å²) in [6.07, 6.45) is 1.71. The molecule has 35 heavy (non-hydrogen) atoms. The number of hydrogen-bond acceptors (Lipinski definition) is 7. The van der Waals surface area contributed by atoms with Gasteiger partial charge in [0.15, 0.2) is 5.96 Å². The molecular weight excluding hydrogens is 458 g/mol. The van der Waals surface area contributed by atoms with Crippen molar-refractivity contribution in [3.05, 3.63) is 29.8 Å². The number of benzene rings is 1.